The van der Waals surface area contributed by atoms with E-state index in [-0.39, 0.29) is 11.0 Å². The predicted octanol–water partition coefficient (Wildman–Crippen LogP) is 5.31. The highest BCUT2D eigenvalue weighted by molar-refractivity contribution is 6.34. The minimum atomic E-state index is -0.473. The van der Waals surface area contributed by atoms with Crippen molar-refractivity contribution >= 4 is 23.2 Å². The van der Waals surface area contributed by atoms with Crippen molar-refractivity contribution in [1.29, 1.82) is 0 Å². The molecule has 2 aromatic heterocycles. The minimum absolute atomic E-state index is 0.109. The van der Waals surface area contributed by atoms with Gasteiger partial charge in [0.2, 0.25) is 0 Å². The first-order valence-corrected chi connectivity index (χ1v) is 10.1. The van der Waals surface area contributed by atoms with Gasteiger partial charge in [0.05, 0.1) is 16.4 Å². The Kier molecular flexibility index (Phi) is 6.83. The monoisotopic (exact) mass is 409 g/mol. The second kappa shape index (κ2) is 9.52. The number of hydrogen-bond acceptors (Lipinski definition) is 3. The van der Waals surface area contributed by atoms with Crippen LogP contribution < -0.4 is 10.7 Å². The highest BCUT2D eigenvalue weighted by Gasteiger charge is 2.22. The summed E-state index contributed by atoms with van der Waals surface area (Å²) in [6.07, 6.45) is 6.44. The first-order valence-electron chi connectivity index (χ1n) is 9.73. The molecule has 0 spiro atoms. The van der Waals surface area contributed by atoms with Crippen LogP contribution in [0, 0.1) is 6.92 Å². The zero-order valence-corrected chi connectivity index (χ0v) is 17.4. The van der Waals surface area contributed by atoms with Crippen molar-refractivity contribution in [2.24, 2.45) is 0 Å². The maximum absolute atomic E-state index is 13.2. The van der Waals surface area contributed by atoms with Gasteiger partial charge in [-0.25, -0.2) is 0 Å². The molecular weight excluding hydrogens is 386 g/mol. The van der Waals surface area contributed by atoms with Crippen molar-refractivity contribution in [3.8, 4) is 11.3 Å². The SMILES string of the molecule is CCCCCn1c(C)cc(=O)c(C(=O)Nc2ccccc2Cl)c1-c1ccncc1. The molecule has 0 atom stereocenters. The standard InChI is InChI=1S/C23H24ClN3O2/c1-3-4-7-14-27-16(2)15-20(28)21(22(27)17-10-12-25-13-11-17)23(29)26-19-9-6-5-8-18(19)24/h5-6,8-13,15H,3-4,7,14H2,1-2H3,(H,26,29). The van der Waals surface area contributed by atoms with Crippen LogP contribution in [0.25, 0.3) is 11.3 Å². The van der Waals surface area contributed by atoms with Crippen molar-refractivity contribution in [1.82, 2.24) is 9.55 Å². The first-order chi connectivity index (χ1) is 14.0. The number of halogens is 1. The van der Waals surface area contributed by atoms with E-state index in [9.17, 15) is 9.59 Å². The van der Waals surface area contributed by atoms with E-state index in [1.54, 1.807) is 36.7 Å². The van der Waals surface area contributed by atoms with Crippen LogP contribution in [0.1, 0.15) is 42.2 Å². The lowest BCUT2D eigenvalue weighted by atomic mass is 10.0. The van der Waals surface area contributed by atoms with Crippen LogP contribution in [0.5, 0.6) is 0 Å². The number of aryl methyl sites for hydroxylation is 1. The van der Waals surface area contributed by atoms with Crippen molar-refractivity contribution in [3.05, 3.63) is 81.4 Å². The Balaban J connectivity index is 2.14. The van der Waals surface area contributed by atoms with Gasteiger partial charge in [-0.15, -0.1) is 0 Å². The Bertz CT molecular complexity index is 1060. The second-order valence-electron chi connectivity index (χ2n) is 6.90. The number of carbonyl (C=O) groups excluding carboxylic acids is 1. The van der Waals surface area contributed by atoms with Gasteiger partial charge < -0.3 is 9.88 Å². The smallest absolute Gasteiger partial charge is 0.261 e. The van der Waals surface area contributed by atoms with E-state index in [1.165, 1.54) is 6.07 Å². The summed E-state index contributed by atoms with van der Waals surface area (Å²) >= 11 is 6.19. The van der Waals surface area contributed by atoms with E-state index in [0.717, 1.165) is 37.1 Å². The zero-order valence-electron chi connectivity index (χ0n) is 16.6. The molecule has 0 unspecified atom stereocenters. The molecule has 0 radical (unpaired) electrons. The molecule has 3 rings (SSSR count). The third-order valence-corrected chi connectivity index (χ3v) is 5.14. The summed E-state index contributed by atoms with van der Waals surface area (Å²) in [5, 5.41) is 3.21. The van der Waals surface area contributed by atoms with Crippen LogP contribution >= 0.6 is 11.6 Å². The van der Waals surface area contributed by atoms with Crippen LogP contribution in [0.3, 0.4) is 0 Å². The van der Waals surface area contributed by atoms with E-state index >= 15 is 0 Å². The van der Waals surface area contributed by atoms with E-state index in [1.807, 2.05) is 23.6 Å². The van der Waals surface area contributed by atoms with Crippen molar-refractivity contribution < 1.29 is 4.79 Å². The maximum Gasteiger partial charge on any atom is 0.261 e. The number of benzene rings is 1. The molecular formula is C23H24ClN3O2. The zero-order chi connectivity index (χ0) is 20.8. The van der Waals surface area contributed by atoms with Crippen molar-refractivity contribution in [2.45, 2.75) is 39.7 Å². The minimum Gasteiger partial charge on any atom is -0.344 e. The Hall–Kier alpha value is -2.92. The number of rotatable bonds is 7. The molecule has 0 fully saturated rings. The van der Waals surface area contributed by atoms with Crippen LogP contribution in [-0.4, -0.2) is 15.5 Å². The van der Waals surface area contributed by atoms with Gasteiger partial charge in [-0.2, -0.15) is 0 Å². The van der Waals surface area contributed by atoms with E-state index in [4.69, 9.17) is 11.6 Å². The molecule has 3 aromatic rings. The van der Waals surface area contributed by atoms with E-state index in [0.29, 0.717) is 16.4 Å². The highest BCUT2D eigenvalue weighted by Crippen LogP contribution is 2.26. The number of para-hydroxylation sites is 1. The molecule has 29 heavy (non-hydrogen) atoms. The van der Waals surface area contributed by atoms with Gasteiger partial charge in [-0.3, -0.25) is 14.6 Å². The molecule has 0 saturated heterocycles. The molecule has 150 valence electrons. The maximum atomic E-state index is 13.2. The highest BCUT2D eigenvalue weighted by atomic mass is 35.5. The largest absolute Gasteiger partial charge is 0.344 e. The molecule has 0 saturated carbocycles. The summed E-state index contributed by atoms with van der Waals surface area (Å²) < 4.78 is 2.05. The van der Waals surface area contributed by atoms with Gasteiger partial charge in [0, 0.05) is 36.3 Å². The molecule has 0 aliphatic carbocycles. The number of carbonyl (C=O) groups is 1. The number of hydrogen-bond donors (Lipinski definition) is 1. The van der Waals surface area contributed by atoms with Crippen LogP contribution in [0.2, 0.25) is 5.02 Å². The summed E-state index contributed by atoms with van der Waals surface area (Å²) in [5.41, 5.74) is 2.48. The molecule has 1 amide bonds. The summed E-state index contributed by atoms with van der Waals surface area (Å²) in [6, 6.07) is 12.1. The lowest BCUT2D eigenvalue weighted by molar-refractivity contribution is 0.102. The quantitative estimate of drug-likeness (QED) is 0.537. The number of anilines is 1. The molecule has 6 heteroatoms. The van der Waals surface area contributed by atoms with Crippen molar-refractivity contribution in [3.63, 3.8) is 0 Å². The number of nitrogens with zero attached hydrogens (tertiary/aromatic N) is 2. The van der Waals surface area contributed by atoms with Crippen LogP contribution in [0.15, 0.2) is 59.7 Å². The fraction of sp³-hybridized carbons (Fsp3) is 0.261. The Morgan fingerprint density at radius 3 is 2.55 bits per heavy atom. The molecule has 1 N–H and O–H groups in total. The molecule has 0 bridgehead atoms. The van der Waals surface area contributed by atoms with Gasteiger partial charge in [-0.1, -0.05) is 43.5 Å². The third kappa shape index (κ3) is 4.74. The number of unbranched alkanes of at least 4 members (excludes halogenated alkanes) is 2. The molecule has 5 nitrogen and oxygen atoms in total. The van der Waals surface area contributed by atoms with Gasteiger partial charge in [0.15, 0.2) is 5.43 Å². The van der Waals surface area contributed by atoms with Gasteiger partial charge >= 0.3 is 0 Å². The predicted molar refractivity (Wildman–Crippen MR) is 118 cm³/mol. The van der Waals surface area contributed by atoms with E-state index < -0.39 is 5.91 Å². The third-order valence-electron chi connectivity index (χ3n) is 4.81. The van der Waals surface area contributed by atoms with Gasteiger partial charge in [0.25, 0.3) is 5.91 Å². The Morgan fingerprint density at radius 2 is 1.86 bits per heavy atom. The number of aromatic nitrogens is 2. The lowest BCUT2D eigenvalue weighted by Gasteiger charge is -2.20. The first kappa shape index (κ1) is 20.8. The Morgan fingerprint density at radius 1 is 1.14 bits per heavy atom. The summed E-state index contributed by atoms with van der Waals surface area (Å²) in [4.78, 5) is 30.2. The fourth-order valence-corrected chi connectivity index (χ4v) is 3.54. The normalized spacial score (nSPS) is 10.7. The average molecular weight is 410 g/mol. The molecule has 1 aromatic carbocycles. The number of pyridine rings is 2. The summed E-state index contributed by atoms with van der Waals surface area (Å²) in [6.45, 7) is 4.77. The molecule has 0 aliphatic heterocycles. The average Bonchev–Trinajstić information content (AvgIpc) is 2.71. The lowest BCUT2D eigenvalue weighted by Crippen LogP contribution is -2.27. The fourth-order valence-electron chi connectivity index (χ4n) is 3.35. The van der Waals surface area contributed by atoms with Crippen molar-refractivity contribution in [2.75, 3.05) is 5.32 Å². The van der Waals surface area contributed by atoms with Gasteiger partial charge in [0.1, 0.15) is 5.56 Å². The van der Waals surface area contributed by atoms with Gasteiger partial charge in [-0.05, 0) is 37.6 Å². The number of amides is 1. The second-order valence-corrected chi connectivity index (χ2v) is 7.31. The molecule has 2 heterocycles. The van der Waals surface area contributed by atoms with Crippen LogP contribution in [-0.2, 0) is 6.54 Å². The topological polar surface area (TPSA) is 64.0 Å². The summed E-state index contributed by atoms with van der Waals surface area (Å²) in [5.74, 6) is -0.473. The summed E-state index contributed by atoms with van der Waals surface area (Å²) in [7, 11) is 0. The van der Waals surface area contributed by atoms with Crippen LogP contribution in [0.4, 0.5) is 5.69 Å². The van der Waals surface area contributed by atoms with E-state index in [2.05, 4.69) is 17.2 Å². The number of nitrogens with one attached hydrogen (secondary N) is 1. The molecule has 0 aliphatic rings. The Labute approximate surface area is 175 Å².